The molecule has 0 fully saturated rings. The number of furan rings is 1. The van der Waals surface area contributed by atoms with E-state index in [4.69, 9.17) is 19.4 Å². The molecule has 6 nitrogen and oxygen atoms in total. The van der Waals surface area contributed by atoms with Crippen LogP contribution in [-0.4, -0.2) is 24.1 Å². The second kappa shape index (κ2) is 14.0. The molecule has 0 aliphatic rings. The van der Waals surface area contributed by atoms with Crippen molar-refractivity contribution in [2.24, 2.45) is 0 Å². The Balaban J connectivity index is 1.09. The Morgan fingerprint density at radius 1 is 0.286 bits per heavy atom. The minimum absolute atomic E-state index is 0.578. The molecule has 4 aromatic heterocycles. The van der Waals surface area contributed by atoms with Crippen molar-refractivity contribution in [3.05, 3.63) is 212 Å². The van der Waals surface area contributed by atoms with Crippen LogP contribution in [0.4, 0.5) is 0 Å². The fourth-order valence-corrected chi connectivity index (χ4v) is 9.55. The molecule has 13 aromatic rings. The summed E-state index contributed by atoms with van der Waals surface area (Å²) in [6.45, 7) is 0. The van der Waals surface area contributed by atoms with Gasteiger partial charge in [0.05, 0.1) is 22.1 Å². The van der Waals surface area contributed by atoms with Crippen LogP contribution in [0.5, 0.6) is 0 Å². The highest BCUT2D eigenvalue weighted by Crippen LogP contribution is 2.40. The zero-order chi connectivity index (χ0) is 41.4. The lowest BCUT2D eigenvalue weighted by atomic mass is 9.97. The van der Waals surface area contributed by atoms with Gasteiger partial charge < -0.3 is 13.6 Å². The van der Waals surface area contributed by atoms with Gasteiger partial charge in [-0.2, -0.15) is 0 Å². The topological polar surface area (TPSA) is 61.7 Å². The fourth-order valence-electron chi connectivity index (χ4n) is 9.55. The molecule has 0 saturated heterocycles. The predicted octanol–water partition coefficient (Wildman–Crippen LogP) is 14.6. The number of benzene rings is 9. The Kier molecular flexibility index (Phi) is 7.80. The zero-order valence-electron chi connectivity index (χ0n) is 33.9. The maximum atomic E-state index is 6.22. The molecule has 0 atom stereocenters. The van der Waals surface area contributed by atoms with E-state index in [1.165, 1.54) is 21.5 Å². The van der Waals surface area contributed by atoms with Crippen molar-refractivity contribution in [2.45, 2.75) is 0 Å². The van der Waals surface area contributed by atoms with Crippen LogP contribution in [0.3, 0.4) is 0 Å². The van der Waals surface area contributed by atoms with E-state index in [0.717, 1.165) is 83.2 Å². The number of nitrogens with zero attached hydrogens (tertiary/aromatic N) is 5. The van der Waals surface area contributed by atoms with Crippen LogP contribution >= 0.6 is 0 Å². The Morgan fingerprint density at radius 3 is 1.32 bits per heavy atom. The van der Waals surface area contributed by atoms with E-state index in [2.05, 4.69) is 191 Å². The maximum absolute atomic E-state index is 6.22. The standard InChI is InChI=1S/C57H35N5O/c1-2-16-36(17-3-1)55-58-56(60-57(59-55)47-24-5-4-18-41(47)37-30-31-54-48(34-37)46-23-10-15-29-53(46)63-54)38-32-39(61-49-25-11-6-19-42(49)43-20-7-12-26-50(43)61)35-40(33-38)62-51-27-13-8-21-44(51)45-22-9-14-28-52(45)62/h1-35H. The molecule has 0 spiro atoms. The first-order valence-corrected chi connectivity index (χ1v) is 21.2. The van der Waals surface area contributed by atoms with Crippen LogP contribution in [-0.2, 0) is 0 Å². The minimum atomic E-state index is 0.578. The SMILES string of the molecule is c1ccc(-c2nc(-c3cc(-n4c5ccccc5c5ccccc54)cc(-n4c5ccccc5c5ccccc54)c3)nc(-c3ccccc3-c3ccc4oc5ccccc5c4c3)n2)cc1. The molecule has 0 bridgehead atoms. The van der Waals surface area contributed by atoms with Gasteiger partial charge in [0.2, 0.25) is 0 Å². The Bertz CT molecular complexity index is 3690. The molecule has 0 saturated carbocycles. The van der Waals surface area contributed by atoms with Gasteiger partial charge in [-0.3, -0.25) is 0 Å². The molecule has 0 N–H and O–H groups in total. The van der Waals surface area contributed by atoms with Gasteiger partial charge in [-0.15, -0.1) is 0 Å². The Morgan fingerprint density at radius 2 is 0.730 bits per heavy atom. The highest BCUT2D eigenvalue weighted by Gasteiger charge is 2.21. The van der Waals surface area contributed by atoms with Gasteiger partial charge in [0.1, 0.15) is 11.2 Å². The second-order valence-electron chi connectivity index (χ2n) is 16.0. The molecule has 0 amide bonds. The summed E-state index contributed by atoms with van der Waals surface area (Å²) in [5.74, 6) is 1.77. The average molecular weight is 806 g/mol. The number of aromatic nitrogens is 5. The first-order valence-electron chi connectivity index (χ1n) is 21.2. The van der Waals surface area contributed by atoms with Crippen LogP contribution in [0, 0.1) is 0 Å². The smallest absolute Gasteiger partial charge is 0.164 e. The number of hydrogen-bond acceptors (Lipinski definition) is 4. The van der Waals surface area contributed by atoms with Crippen molar-refractivity contribution in [2.75, 3.05) is 0 Å². The fraction of sp³-hybridized carbons (Fsp3) is 0. The van der Waals surface area contributed by atoms with Crippen molar-refractivity contribution < 1.29 is 4.42 Å². The molecule has 63 heavy (non-hydrogen) atoms. The first-order chi connectivity index (χ1) is 31.2. The van der Waals surface area contributed by atoms with Gasteiger partial charge in [-0.05, 0) is 71.8 Å². The van der Waals surface area contributed by atoms with Crippen LogP contribution in [0.1, 0.15) is 0 Å². The summed E-state index contributed by atoms with van der Waals surface area (Å²) in [7, 11) is 0. The molecule has 0 unspecified atom stereocenters. The van der Waals surface area contributed by atoms with Crippen LogP contribution < -0.4 is 0 Å². The quantitative estimate of drug-likeness (QED) is 0.168. The van der Waals surface area contributed by atoms with Crippen molar-refractivity contribution in [3.63, 3.8) is 0 Å². The van der Waals surface area contributed by atoms with E-state index in [1.807, 2.05) is 30.3 Å². The normalized spacial score (nSPS) is 11.8. The summed E-state index contributed by atoms with van der Waals surface area (Å²) in [5.41, 5.74) is 13.0. The molecular formula is C57H35N5O. The van der Waals surface area contributed by atoms with E-state index in [0.29, 0.717) is 17.5 Å². The summed E-state index contributed by atoms with van der Waals surface area (Å²) in [4.78, 5) is 16.0. The maximum Gasteiger partial charge on any atom is 0.164 e. The lowest BCUT2D eigenvalue weighted by Crippen LogP contribution is -2.04. The molecule has 294 valence electrons. The lowest BCUT2D eigenvalue weighted by Gasteiger charge is -2.16. The highest BCUT2D eigenvalue weighted by atomic mass is 16.3. The molecule has 4 heterocycles. The van der Waals surface area contributed by atoms with E-state index >= 15 is 0 Å². The van der Waals surface area contributed by atoms with Gasteiger partial charge >= 0.3 is 0 Å². The molecule has 6 heteroatoms. The van der Waals surface area contributed by atoms with E-state index in [1.54, 1.807) is 0 Å². The van der Waals surface area contributed by atoms with Crippen molar-refractivity contribution >= 4 is 65.6 Å². The molecule has 0 aliphatic heterocycles. The van der Waals surface area contributed by atoms with E-state index in [-0.39, 0.29) is 0 Å². The third kappa shape index (κ3) is 5.62. The van der Waals surface area contributed by atoms with Crippen molar-refractivity contribution in [1.82, 2.24) is 24.1 Å². The van der Waals surface area contributed by atoms with Crippen molar-refractivity contribution in [1.29, 1.82) is 0 Å². The number of hydrogen-bond donors (Lipinski definition) is 0. The third-order valence-corrected chi connectivity index (χ3v) is 12.4. The largest absolute Gasteiger partial charge is 0.456 e. The lowest BCUT2D eigenvalue weighted by molar-refractivity contribution is 0.669. The number of fused-ring (bicyclic) bond motifs is 9. The molecule has 13 rings (SSSR count). The highest BCUT2D eigenvalue weighted by molar-refractivity contribution is 6.11. The van der Waals surface area contributed by atoms with Crippen LogP contribution in [0.2, 0.25) is 0 Å². The Hall–Kier alpha value is -8.61. The number of rotatable bonds is 6. The molecular weight excluding hydrogens is 771 g/mol. The summed E-state index contributed by atoms with van der Waals surface area (Å²) in [6.07, 6.45) is 0. The molecule has 0 aliphatic carbocycles. The molecule has 9 aromatic carbocycles. The van der Waals surface area contributed by atoms with Gasteiger partial charge in [-0.1, -0.05) is 152 Å². The van der Waals surface area contributed by atoms with Gasteiger partial charge in [0, 0.05) is 60.4 Å². The van der Waals surface area contributed by atoms with Crippen molar-refractivity contribution in [3.8, 4) is 56.7 Å². The monoisotopic (exact) mass is 805 g/mol. The minimum Gasteiger partial charge on any atom is -0.456 e. The van der Waals surface area contributed by atoms with Crippen LogP contribution in [0.25, 0.3) is 122 Å². The van der Waals surface area contributed by atoms with E-state index in [9.17, 15) is 0 Å². The Labute approximate surface area is 361 Å². The first kappa shape index (κ1) is 35.2. The van der Waals surface area contributed by atoms with Crippen LogP contribution in [0.15, 0.2) is 217 Å². The summed E-state index contributed by atoms with van der Waals surface area (Å²) in [5, 5.41) is 6.95. The van der Waals surface area contributed by atoms with Gasteiger partial charge in [-0.25, -0.2) is 15.0 Å². The summed E-state index contributed by atoms with van der Waals surface area (Å²) >= 11 is 0. The third-order valence-electron chi connectivity index (χ3n) is 12.4. The van der Waals surface area contributed by atoms with Gasteiger partial charge in [0.15, 0.2) is 17.5 Å². The zero-order valence-corrected chi connectivity index (χ0v) is 33.9. The number of para-hydroxylation sites is 5. The average Bonchev–Trinajstić information content (AvgIpc) is 4.02. The summed E-state index contributed by atoms with van der Waals surface area (Å²) < 4.78 is 11.0. The summed E-state index contributed by atoms with van der Waals surface area (Å²) in [6, 6.07) is 74.5. The second-order valence-corrected chi connectivity index (χ2v) is 16.0. The molecule has 0 radical (unpaired) electrons. The van der Waals surface area contributed by atoms with E-state index < -0.39 is 0 Å². The predicted molar refractivity (Wildman–Crippen MR) is 258 cm³/mol. The van der Waals surface area contributed by atoms with Gasteiger partial charge in [0.25, 0.3) is 0 Å².